The highest BCUT2D eigenvalue weighted by molar-refractivity contribution is 7.99. The van der Waals surface area contributed by atoms with Gasteiger partial charge >= 0.3 is 0 Å². The molecule has 0 aromatic heterocycles. The van der Waals surface area contributed by atoms with E-state index >= 15 is 0 Å². The van der Waals surface area contributed by atoms with Gasteiger partial charge in [0.25, 0.3) is 0 Å². The van der Waals surface area contributed by atoms with Crippen molar-refractivity contribution >= 4 is 11.8 Å². The lowest BCUT2D eigenvalue weighted by Gasteiger charge is -2.26. The van der Waals surface area contributed by atoms with E-state index in [2.05, 4.69) is 5.32 Å². The Morgan fingerprint density at radius 1 is 1.40 bits per heavy atom. The highest BCUT2D eigenvalue weighted by Crippen LogP contribution is 2.39. The number of nitrogens with one attached hydrogen (secondary N) is 1. The van der Waals surface area contributed by atoms with E-state index in [1.54, 1.807) is 0 Å². The summed E-state index contributed by atoms with van der Waals surface area (Å²) < 4.78 is 27.1. The van der Waals surface area contributed by atoms with Crippen LogP contribution in [0.25, 0.3) is 0 Å². The molecule has 0 saturated carbocycles. The molecule has 1 N–H and O–H groups in total. The largest absolute Gasteiger partial charge is 0.310 e. The molecule has 1 atom stereocenters. The van der Waals surface area contributed by atoms with Crippen LogP contribution in [0, 0.1) is 11.6 Å². The van der Waals surface area contributed by atoms with Gasteiger partial charge in [0, 0.05) is 11.6 Å². The van der Waals surface area contributed by atoms with Gasteiger partial charge in [0.1, 0.15) is 11.6 Å². The zero-order valence-electron chi connectivity index (χ0n) is 8.52. The summed E-state index contributed by atoms with van der Waals surface area (Å²) in [6.45, 7) is 2.74. The highest BCUT2D eigenvalue weighted by atomic mass is 32.2. The second-order valence-corrected chi connectivity index (χ2v) is 4.62. The van der Waals surface area contributed by atoms with Crippen molar-refractivity contribution in [2.24, 2.45) is 0 Å². The number of thioether (sulfide) groups is 1. The summed E-state index contributed by atoms with van der Waals surface area (Å²) in [5, 5.41) is 3.19. The molecule has 1 nitrogen and oxygen atoms in total. The fourth-order valence-electron chi connectivity index (χ4n) is 1.89. The smallest absolute Gasteiger partial charge is 0.137 e. The van der Waals surface area contributed by atoms with Crippen LogP contribution in [0.2, 0.25) is 0 Å². The van der Waals surface area contributed by atoms with E-state index in [9.17, 15) is 8.78 Å². The molecule has 0 radical (unpaired) electrons. The molecule has 15 heavy (non-hydrogen) atoms. The summed E-state index contributed by atoms with van der Waals surface area (Å²) >= 11 is 1.40. The Hall–Kier alpha value is -0.610. The molecule has 0 amide bonds. The molecular formula is C11H13F2NS. The van der Waals surface area contributed by atoms with Crippen molar-refractivity contribution in [3.8, 4) is 0 Å². The van der Waals surface area contributed by atoms with Crippen molar-refractivity contribution in [3.63, 3.8) is 0 Å². The summed E-state index contributed by atoms with van der Waals surface area (Å²) in [7, 11) is 0. The van der Waals surface area contributed by atoms with Crippen LogP contribution in [-0.2, 0) is 0 Å². The van der Waals surface area contributed by atoms with Crippen molar-refractivity contribution in [1.29, 1.82) is 0 Å². The molecule has 0 bridgehead atoms. The summed E-state index contributed by atoms with van der Waals surface area (Å²) in [6.07, 6.45) is 0.853. The normalized spacial score (nSPS) is 20.1. The average molecular weight is 229 g/mol. The molecule has 1 unspecified atom stereocenters. The number of hydrogen-bond acceptors (Lipinski definition) is 2. The van der Waals surface area contributed by atoms with Crippen molar-refractivity contribution in [1.82, 2.24) is 5.32 Å². The Balaban J connectivity index is 2.45. The number of halogens is 2. The zero-order chi connectivity index (χ0) is 10.8. The minimum atomic E-state index is -0.306. The molecule has 1 heterocycles. The van der Waals surface area contributed by atoms with Gasteiger partial charge in [-0.2, -0.15) is 0 Å². The van der Waals surface area contributed by atoms with Gasteiger partial charge in [0.2, 0.25) is 0 Å². The summed E-state index contributed by atoms with van der Waals surface area (Å²) in [6, 6.07) is 2.38. The number of fused-ring (bicyclic) bond motifs is 1. The lowest BCUT2D eigenvalue weighted by Crippen LogP contribution is -2.25. The van der Waals surface area contributed by atoms with Crippen LogP contribution in [0.3, 0.4) is 0 Å². The van der Waals surface area contributed by atoms with Gasteiger partial charge in [-0.1, -0.05) is 6.92 Å². The lowest BCUT2D eigenvalue weighted by atomic mass is 10.0. The fourth-order valence-corrected chi connectivity index (χ4v) is 3.05. The topological polar surface area (TPSA) is 12.0 Å². The van der Waals surface area contributed by atoms with Crippen LogP contribution in [0.1, 0.15) is 24.9 Å². The predicted octanol–water partition coefficient (Wildman–Crippen LogP) is 3.11. The van der Waals surface area contributed by atoms with E-state index in [1.807, 2.05) is 6.92 Å². The zero-order valence-corrected chi connectivity index (χ0v) is 9.33. The second kappa shape index (κ2) is 4.49. The van der Waals surface area contributed by atoms with Gasteiger partial charge < -0.3 is 5.32 Å². The number of hydrogen-bond donors (Lipinski definition) is 1. The predicted molar refractivity (Wildman–Crippen MR) is 58.1 cm³/mol. The molecule has 0 fully saturated rings. The minimum absolute atomic E-state index is 0.0399. The molecule has 82 valence electrons. The van der Waals surface area contributed by atoms with E-state index in [1.165, 1.54) is 23.9 Å². The first-order valence-corrected chi connectivity index (χ1v) is 6.06. The van der Waals surface area contributed by atoms with Gasteiger partial charge in [-0.25, -0.2) is 8.78 Å². The van der Waals surface area contributed by atoms with Crippen molar-refractivity contribution in [3.05, 3.63) is 29.3 Å². The van der Waals surface area contributed by atoms with E-state index in [0.717, 1.165) is 18.7 Å². The van der Waals surface area contributed by atoms with Gasteiger partial charge in [-0.15, -0.1) is 11.8 Å². The quantitative estimate of drug-likeness (QED) is 0.836. The van der Waals surface area contributed by atoms with E-state index in [-0.39, 0.29) is 17.7 Å². The Morgan fingerprint density at radius 3 is 2.87 bits per heavy atom. The summed E-state index contributed by atoms with van der Waals surface area (Å²) in [4.78, 5) is 0.479. The molecule has 1 aromatic rings. The maximum Gasteiger partial charge on any atom is 0.137 e. The molecule has 0 aliphatic carbocycles. The van der Waals surface area contributed by atoms with Gasteiger partial charge in [0.05, 0.1) is 4.90 Å². The fraction of sp³-hybridized carbons (Fsp3) is 0.455. The third-order valence-corrected chi connectivity index (χ3v) is 3.69. The molecule has 1 aromatic carbocycles. The number of benzene rings is 1. The molecule has 1 aliphatic rings. The van der Waals surface area contributed by atoms with Crippen molar-refractivity contribution in [2.75, 3.05) is 12.3 Å². The number of rotatable bonds is 2. The standard InChI is InChI=1S/C11H13F2NS/c1-2-14-9-5-6-15-11-8(13)4-3-7(12)10(9)11/h3-4,9,14H,2,5-6H2,1H3. The third kappa shape index (κ3) is 2.01. The summed E-state index contributed by atoms with van der Waals surface area (Å²) in [5.74, 6) is 0.231. The minimum Gasteiger partial charge on any atom is -0.310 e. The highest BCUT2D eigenvalue weighted by Gasteiger charge is 2.25. The van der Waals surface area contributed by atoms with Crippen LogP contribution in [0.5, 0.6) is 0 Å². The SMILES string of the molecule is CCNC1CCSc2c(F)ccc(F)c21. The molecule has 0 saturated heterocycles. The van der Waals surface area contributed by atoms with Crippen LogP contribution in [0.4, 0.5) is 8.78 Å². The van der Waals surface area contributed by atoms with Crippen LogP contribution >= 0.6 is 11.8 Å². The van der Waals surface area contributed by atoms with E-state index < -0.39 is 0 Å². The molecule has 0 spiro atoms. The first-order chi connectivity index (χ1) is 7.24. The van der Waals surface area contributed by atoms with Crippen LogP contribution in [-0.4, -0.2) is 12.3 Å². The van der Waals surface area contributed by atoms with E-state index in [0.29, 0.717) is 10.5 Å². The van der Waals surface area contributed by atoms with Crippen LogP contribution in [0.15, 0.2) is 17.0 Å². The third-order valence-electron chi connectivity index (χ3n) is 2.55. The Morgan fingerprint density at radius 2 is 2.13 bits per heavy atom. The summed E-state index contributed by atoms with van der Waals surface area (Å²) in [5.41, 5.74) is 0.508. The molecular weight excluding hydrogens is 216 g/mol. The Bertz CT molecular complexity index is 368. The maximum atomic E-state index is 13.6. The molecule has 2 rings (SSSR count). The first-order valence-electron chi connectivity index (χ1n) is 5.08. The van der Waals surface area contributed by atoms with Gasteiger partial charge in [0.15, 0.2) is 0 Å². The molecule has 1 aliphatic heterocycles. The molecule has 4 heteroatoms. The second-order valence-electron chi connectivity index (χ2n) is 3.52. The van der Waals surface area contributed by atoms with Crippen molar-refractivity contribution < 1.29 is 8.78 Å². The van der Waals surface area contributed by atoms with Gasteiger partial charge in [-0.3, -0.25) is 0 Å². The average Bonchev–Trinajstić information content (AvgIpc) is 2.24. The monoisotopic (exact) mass is 229 g/mol. The Kier molecular flexibility index (Phi) is 3.26. The lowest BCUT2D eigenvalue weighted by molar-refractivity contribution is 0.473. The van der Waals surface area contributed by atoms with Gasteiger partial charge in [-0.05, 0) is 30.9 Å². The Labute approximate surface area is 92.3 Å². The van der Waals surface area contributed by atoms with Crippen LogP contribution < -0.4 is 5.32 Å². The maximum absolute atomic E-state index is 13.6. The van der Waals surface area contributed by atoms with Crippen molar-refractivity contribution in [2.45, 2.75) is 24.3 Å². The van der Waals surface area contributed by atoms with E-state index in [4.69, 9.17) is 0 Å². The first kappa shape index (κ1) is 10.9.